The van der Waals surface area contributed by atoms with E-state index in [1.54, 1.807) is 19.1 Å². The van der Waals surface area contributed by atoms with Crippen LogP contribution in [-0.2, 0) is 0 Å². The van der Waals surface area contributed by atoms with Crippen LogP contribution in [0.2, 0.25) is 0 Å². The van der Waals surface area contributed by atoms with Crippen molar-refractivity contribution in [3.05, 3.63) is 53.6 Å². The molecule has 18 heavy (non-hydrogen) atoms. The third kappa shape index (κ3) is 2.63. The second-order valence-electron chi connectivity index (χ2n) is 3.82. The molecule has 4 nitrogen and oxygen atoms in total. The fourth-order valence-electron chi connectivity index (χ4n) is 1.48. The monoisotopic (exact) mass is 246 g/mol. The Hall–Kier alpha value is -2.43. The number of nitrogens with one attached hydrogen (secondary N) is 1. The highest BCUT2D eigenvalue weighted by molar-refractivity contribution is 6.04. The molecule has 1 heterocycles. The number of phenolic OH excluding ortho intramolecular Hbond substituents is 1. The quantitative estimate of drug-likeness (QED) is 0.632. The number of phenols is 1. The van der Waals surface area contributed by atoms with Crippen molar-refractivity contribution in [1.29, 1.82) is 0 Å². The topological polar surface area (TPSA) is 62.2 Å². The molecule has 0 spiro atoms. The number of anilines is 1. The van der Waals surface area contributed by atoms with Gasteiger partial charge in [-0.25, -0.2) is 4.98 Å². The number of carbonyl (C=O) groups excluding carboxylic acids is 1. The average Bonchev–Trinajstić information content (AvgIpc) is 2.34. The van der Waals surface area contributed by atoms with E-state index >= 15 is 0 Å². The minimum absolute atomic E-state index is 0.156. The Morgan fingerprint density at radius 1 is 1.33 bits per heavy atom. The summed E-state index contributed by atoms with van der Waals surface area (Å²) in [6.07, 6.45) is 1.23. The van der Waals surface area contributed by atoms with Crippen LogP contribution in [0.25, 0.3) is 0 Å². The van der Waals surface area contributed by atoms with E-state index in [2.05, 4.69) is 10.3 Å². The highest BCUT2D eigenvalue weighted by Gasteiger charge is 2.08. The zero-order chi connectivity index (χ0) is 13.1. The van der Waals surface area contributed by atoms with Crippen LogP contribution in [0.3, 0.4) is 0 Å². The maximum Gasteiger partial charge on any atom is 0.255 e. The van der Waals surface area contributed by atoms with E-state index in [9.17, 15) is 14.3 Å². The summed E-state index contributed by atoms with van der Waals surface area (Å²) in [5.74, 6) is -0.978. The molecule has 0 saturated heterocycles. The van der Waals surface area contributed by atoms with Crippen LogP contribution in [0.15, 0.2) is 36.5 Å². The first-order valence-electron chi connectivity index (χ1n) is 5.29. The van der Waals surface area contributed by atoms with Crippen LogP contribution in [0.5, 0.6) is 5.75 Å². The Morgan fingerprint density at radius 2 is 2.11 bits per heavy atom. The number of pyridine rings is 1. The Labute approximate surface area is 103 Å². The molecular weight excluding hydrogens is 235 g/mol. The Bertz CT molecular complexity index is 599. The van der Waals surface area contributed by atoms with Gasteiger partial charge in [-0.3, -0.25) is 4.79 Å². The second kappa shape index (κ2) is 4.83. The first kappa shape index (κ1) is 12.0. The number of aromatic nitrogens is 1. The van der Waals surface area contributed by atoms with Crippen molar-refractivity contribution >= 4 is 11.6 Å². The molecule has 92 valence electrons. The molecule has 2 aromatic rings. The van der Waals surface area contributed by atoms with Gasteiger partial charge in [-0.05, 0) is 36.8 Å². The Morgan fingerprint density at radius 3 is 2.78 bits per heavy atom. The summed E-state index contributed by atoms with van der Waals surface area (Å²) in [6.45, 7) is 1.72. The maximum atomic E-state index is 12.9. The lowest BCUT2D eigenvalue weighted by Crippen LogP contribution is -2.12. The van der Waals surface area contributed by atoms with Gasteiger partial charge in [0, 0.05) is 23.5 Å². The van der Waals surface area contributed by atoms with Crippen LogP contribution >= 0.6 is 0 Å². The highest BCUT2D eigenvalue weighted by Crippen LogP contribution is 2.20. The molecule has 5 heteroatoms. The van der Waals surface area contributed by atoms with E-state index in [0.29, 0.717) is 11.3 Å². The summed E-state index contributed by atoms with van der Waals surface area (Å²) in [4.78, 5) is 15.2. The van der Waals surface area contributed by atoms with Gasteiger partial charge >= 0.3 is 0 Å². The van der Waals surface area contributed by atoms with E-state index in [1.807, 2.05) is 0 Å². The zero-order valence-corrected chi connectivity index (χ0v) is 9.64. The summed E-state index contributed by atoms with van der Waals surface area (Å²) in [6, 6.07) is 7.16. The number of hydrogen-bond donors (Lipinski definition) is 2. The molecule has 2 rings (SSSR count). The van der Waals surface area contributed by atoms with E-state index in [-0.39, 0.29) is 11.3 Å². The smallest absolute Gasteiger partial charge is 0.255 e. The predicted molar refractivity (Wildman–Crippen MR) is 65.0 cm³/mol. The molecule has 2 N–H and O–H groups in total. The predicted octanol–water partition coefficient (Wildman–Crippen LogP) is 2.49. The summed E-state index contributed by atoms with van der Waals surface area (Å²) < 4.78 is 12.9. The van der Waals surface area contributed by atoms with Gasteiger partial charge in [0.25, 0.3) is 5.91 Å². The molecule has 0 bridgehead atoms. The molecule has 0 aliphatic rings. The normalized spacial score (nSPS) is 10.1. The lowest BCUT2D eigenvalue weighted by atomic mass is 10.2. The molecule has 0 atom stereocenters. The molecule has 1 aromatic heterocycles. The van der Waals surface area contributed by atoms with Crippen LogP contribution < -0.4 is 5.32 Å². The molecule has 0 unspecified atom stereocenters. The molecular formula is C13H11FN2O2. The van der Waals surface area contributed by atoms with Gasteiger partial charge in [-0.15, -0.1) is 0 Å². The lowest BCUT2D eigenvalue weighted by Gasteiger charge is -2.07. The fraction of sp³-hybridized carbons (Fsp3) is 0.0769. The molecule has 1 amide bonds. The third-order valence-electron chi connectivity index (χ3n) is 2.44. The van der Waals surface area contributed by atoms with Crippen molar-refractivity contribution in [3.63, 3.8) is 0 Å². The molecule has 0 aliphatic heterocycles. The van der Waals surface area contributed by atoms with Crippen molar-refractivity contribution in [3.8, 4) is 5.75 Å². The maximum absolute atomic E-state index is 12.9. The van der Waals surface area contributed by atoms with Gasteiger partial charge < -0.3 is 10.4 Å². The number of aromatic hydroxyl groups is 1. The first-order valence-corrected chi connectivity index (χ1v) is 5.29. The van der Waals surface area contributed by atoms with Crippen LogP contribution in [-0.4, -0.2) is 16.0 Å². The van der Waals surface area contributed by atoms with Crippen molar-refractivity contribution in [2.45, 2.75) is 6.92 Å². The van der Waals surface area contributed by atoms with Crippen LogP contribution in [0, 0.1) is 12.9 Å². The summed E-state index contributed by atoms with van der Waals surface area (Å²) in [5, 5.41) is 12.0. The number of nitrogens with zero attached hydrogens (tertiary/aromatic N) is 1. The Balaban J connectivity index is 2.18. The van der Waals surface area contributed by atoms with Crippen LogP contribution in [0.4, 0.5) is 10.1 Å². The van der Waals surface area contributed by atoms with E-state index in [1.165, 1.54) is 18.3 Å². The average molecular weight is 246 g/mol. The van der Waals surface area contributed by atoms with Crippen LogP contribution in [0.1, 0.15) is 15.9 Å². The largest absolute Gasteiger partial charge is 0.508 e. The minimum Gasteiger partial charge on any atom is -0.508 e. The number of amides is 1. The summed E-state index contributed by atoms with van der Waals surface area (Å²) in [5.41, 5.74) is 1.37. The Kier molecular flexibility index (Phi) is 3.23. The first-order chi connectivity index (χ1) is 8.56. The number of benzene rings is 1. The van der Waals surface area contributed by atoms with Crippen molar-refractivity contribution < 1.29 is 14.3 Å². The summed E-state index contributed by atoms with van der Waals surface area (Å²) >= 11 is 0. The van der Waals surface area contributed by atoms with Gasteiger partial charge in [0.2, 0.25) is 5.95 Å². The van der Waals surface area contributed by atoms with Gasteiger partial charge in [0.05, 0.1) is 0 Å². The van der Waals surface area contributed by atoms with E-state index in [4.69, 9.17) is 0 Å². The second-order valence-corrected chi connectivity index (χ2v) is 3.82. The van der Waals surface area contributed by atoms with Gasteiger partial charge in [0.15, 0.2) is 0 Å². The SMILES string of the molecule is Cc1cc(NC(=O)c2ccnc(F)c2)ccc1O. The molecule has 0 saturated carbocycles. The molecule has 0 aliphatic carbocycles. The van der Waals surface area contributed by atoms with E-state index in [0.717, 1.165) is 6.07 Å². The van der Waals surface area contributed by atoms with Crippen molar-refractivity contribution in [1.82, 2.24) is 4.98 Å². The number of rotatable bonds is 2. The lowest BCUT2D eigenvalue weighted by molar-refractivity contribution is 0.102. The number of carbonyl (C=O) groups is 1. The van der Waals surface area contributed by atoms with E-state index < -0.39 is 11.9 Å². The zero-order valence-electron chi connectivity index (χ0n) is 9.64. The van der Waals surface area contributed by atoms with Gasteiger partial charge in [-0.2, -0.15) is 4.39 Å². The highest BCUT2D eigenvalue weighted by atomic mass is 19.1. The number of hydrogen-bond acceptors (Lipinski definition) is 3. The fourth-order valence-corrected chi connectivity index (χ4v) is 1.48. The van der Waals surface area contributed by atoms with Crippen molar-refractivity contribution in [2.75, 3.05) is 5.32 Å². The molecule has 0 radical (unpaired) electrons. The van der Waals surface area contributed by atoms with Gasteiger partial charge in [0.1, 0.15) is 5.75 Å². The van der Waals surface area contributed by atoms with Gasteiger partial charge in [-0.1, -0.05) is 0 Å². The summed E-state index contributed by atoms with van der Waals surface area (Å²) in [7, 11) is 0. The minimum atomic E-state index is -0.704. The number of halogens is 1. The third-order valence-corrected chi connectivity index (χ3v) is 2.44. The molecule has 0 fully saturated rings. The molecule has 1 aromatic carbocycles. The van der Waals surface area contributed by atoms with Crippen molar-refractivity contribution in [2.24, 2.45) is 0 Å². The standard InChI is InChI=1S/C13H11FN2O2/c1-8-6-10(2-3-11(8)17)16-13(18)9-4-5-15-12(14)7-9/h2-7,17H,1H3,(H,16,18). The number of aryl methyl sites for hydroxylation is 1.